The third-order valence-electron chi connectivity index (χ3n) is 3.72. The molecule has 1 N–H and O–H groups in total. The monoisotopic (exact) mass is 255 g/mol. The van der Waals surface area contributed by atoms with Crippen LogP contribution in [-0.2, 0) is 0 Å². The zero-order valence-electron chi connectivity index (χ0n) is 10.5. The summed E-state index contributed by atoms with van der Waals surface area (Å²) in [7, 11) is 0. The number of halogens is 2. The normalized spacial score (nSPS) is 18.9. The van der Waals surface area contributed by atoms with E-state index in [-0.39, 0.29) is 5.75 Å². The maximum atomic E-state index is 12.0. The highest BCUT2D eigenvalue weighted by atomic mass is 19.3. The van der Waals surface area contributed by atoms with Crippen molar-refractivity contribution < 1.29 is 13.5 Å². The van der Waals surface area contributed by atoms with Crippen molar-refractivity contribution in [2.45, 2.75) is 32.3 Å². The van der Waals surface area contributed by atoms with Crippen molar-refractivity contribution in [1.82, 2.24) is 5.32 Å². The predicted molar refractivity (Wildman–Crippen MR) is 67.1 cm³/mol. The molecule has 100 valence electrons. The van der Waals surface area contributed by atoms with Gasteiger partial charge in [0.25, 0.3) is 0 Å². The standard InChI is InChI=1S/C14H19F2NO/c1-10(12-6-8-17-9-7-12)11-2-4-13(5-3-11)18-14(15)16/h2-5,10,12,14,17H,6-9H2,1H3. The van der Waals surface area contributed by atoms with Gasteiger partial charge in [0.1, 0.15) is 5.75 Å². The number of alkyl halides is 2. The largest absolute Gasteiger partial charge is 0.435 e. The Kier molecular flexibility index (Phi) is 4.53. The van der Waals surface area contributed by atoms with Gasteiger partial charge in [0.2, 0.25) is 0 Å². The first-order valence-corrected chi connectivity index (χ1v) is 6.42. The van der Waals surface area contributed by atoms with Crippen LogP contribution in [0.5, 0.6) is 5.75 Å². The first kappa shape index (κ1) is 13.3. The van der Waals surface area contributed by atoms with Crippen LogP contribution >= 0.6 is 0 Å². The van der Waals surface area contributed by atoms with Crippen molar-refractivity contribution in [3.05, 3.63) is 29.8 Å². The van der Waals surface area contributed by atoms with E-state index in [2.05, 4.69) is 17.0 Å². The lowest BCUT2D eigenvalue weighted by atomic mass is 9.82. The van der Waals surface area contributed by atoms with Gasteiger partial charge in [-0.05, 0) is 55.5 Å². The van der Waals surface area contributed by atoms with Crippen molar-refractivity contribution in [1.29, 1.82) is 0 Å². The van der Waals surface area contributed by atoms with Crippen molar-refractivity contribution in [2.24, 2.45) is 5.92 Å². The summed E-state index contributed by atoms with van der Waals surface area (Å²) in [5.41, 5.74) is 1.20. The molecule has 0 spiro atoms. The van der Waals surface area contributed by atoms with E-state index in [0.29, 0.717) is 11.8 Å². The molecule has 0 aliphatic carbocycles. The topological polar surface area (TPSA) is 21.3 Å². The van der Waals surface area contributed by atoms with E-state index in [1.54, 1.807) is 12.1 Å². The van der Waals surface area contributed by atoms with Crippen LogP contribution in [0.15, 0.2) is 24.3 Å². The molecule has 2 rings (SSSR count). The number of piperidine rings is 1. The predicted octanol–water partition coefficient (Wildman–Crippen LogP) is 3.39. The van der Waals surface area contributed by atoms with Crippen molar-refractivity contribution in [3.63, 3.8) is 0 Å². The van der Waals surface area contributed by atoms with Crippen LogP contribution in [0.4, 0.5) is 8.78 Å². The Bertz CT molecular complexity index is 361. The highest BCUT2D eigenvalue weighted by Gasteiger charge is 2.21. The lowest BCUT2D eigenvalue weighted by Gasteiger charge is -2.28. The molecular weight excluding hydrogens is 236 g/mol. The van der Waals surface area contributed by atoms with E-state index < -0.39 is 6.61 Å². The Morgan fingerprint density at radius 1 is 1.17 bits per heavy atom. The molecule has 1 aromatic carbocycles. The number of hydrogen-bond donors (Lipinski definition) is 1. The van der Waals surface area contributed by atoms with Gasteiger partial charge in [0.05, 0.1) is 0 Å². The molecule has 1 saturated heterocycles. The summed E-state index contributed by atoms with van der Waals surface area (Å²) in [6.07, 6.45) is 2.35. The minimum atomic E-state index is -2.75. The van der Waals surface area contributed by atoms with E-state index in [1.807, 2.05) is 12.1 Å². The van der Waals surface area contributed by atoms with E-state index in [4.69, 9.17) is 0 Å². The summed E-state index contributed by atoms with van der Waals surface area (Å²) in [5, 5.41) is 3.35. The quantitative estimate of drug-likeness (QED) is 0.890. The van der Waals surface area contributed by atoms with Crippen molar-refractivity contribution in [2.75, 3.05) is 13.1 Å². The second kappa shape index (κ2) is 6.14. The minimum Gasteiger partial charge on any atom is -0.435 e. The van der Waals surface area contributed by atoms with Gasteiger partial charge < -0.3 is 10.1 Å². The molecule has 0 saturated carbocycles. The fourth-order valence-corrected chi connectivity index (χ4v) is 2.57. The molecule has 1 atom stereocenters. The van der Waals surface area contributed by atoms with Gasteiger partial charge >= 0.3 is 6.61 Å². The van der Waals surface area contributed by atoms with Gasteiger partial charge in [-0.1, -0.05) is 19.1 Å². The third-order valence-corrected chi connectivity index (χ3v) is 3.72. The highest BCUT2D eigenvalue weighted by molar-refractivity contribution is 5.29. The van der Waals surface area contributed by atoms with E-state index in [1.165, 1.54) is 18.4 Å². The van der Waals surface area contributed by atoms with Crippen LogP contribution in [0.2, 0.25) is 0 Å². The van der Waals surface area contributed by atoms with Crippen LogP contribution in [0.25, 0.3) is 0 Å². The van der Waals surface area contributed by atoms with Gasteiger partial charge in [-0.15, -0.1) is 0 Å². The number of ether oxygens (including phenoxy) is 1. The second-order valence-electron chi connectivity index (χ2n) is 4.82. The first-order chi connectivity index (χ1) is 8.66. The molecule has 1 heterocycles. The van der Waals surface area contributed by atoms with Gasteiger partial charge in [-0.2, -0.15) is 8.78 Å². The van der Waals surface area contributed by atoms with Crippen molar-refractivity contribution in [3.8, 4) is 5.75 Å². The van der Waals surface area contributed by atoms with E-state index >= 15 is 0 Å². The maximum Gasteiger partial charge on any atom is 0.387 e. The molecule has 0 aromatic heterocycles. The Labute approximate surface area is 106 Å². The molecule has 1 aromatic rings. The second-order valence-corrected chi connectivity index (χ2v) is 4.82. The molecule has 1 aliphatic heterocycles. The van der Waals surface area contributed by atoms with Gasteiger partial charge in [-0.25, -0.2) is 0 Å². The molecule has 0 amide bonds. The SMILES string of the molecule is CC(c1ccc(OC(F)F)cc1)C1CCNCC1. The molecule has 1 unspecified atom stereocenters. The van der Waals surface area contributed by atoms with Crippen LogP contribution in [-0.4, -0.2) is 19.7 Å². The summed E-state index contributed by atoms with van der Waals surface area (Å²) in [5.74, 6) is 1.37. The third kappa shape index (κ3) is 3.42. The van der Waals surface area contributed by atoms with E-state index in [0.717, 1.165) is 13.1 Å². The maximum absolute atomic E-state index is 12.0. The van der Waals surface area contributed by atoms with Crippen LogP contribution in [0, 0.1) is 5.92 Å². The first-order valence-electron chi connectivity index (χ1n) is 6.42. The Morgan fingerprint density at radius 3 is 2.33 bits per heavy atom. The molecule has 0 radical (unpaired) electrons. The van der Waals surface area contributed by atoms with Gasteiger partial charge in [0, 0.05) is 0 Å². The minimum absolute atomic E-state index is 0.228. The summed E-state index contributed by atoms with van der Waals surface area (Å²) in [6, 6.07) is 7.03. The molecule has 2 nitrogen and oxygen atoms in total. The van der Waals surface area contributed by atoms with Crippen LogP contribution in [0.3, 0.4) is 0 Å². The molecule has 1 fully saturated rings. The van der Waals surface area contributed by atoms with Gasteiger partial charge in [-0.3, -0.25) is 0 Å². The van der Waals surface area contributed by atoms with E-state index in [9.17, 15) is 8.78 Å². The van der Waals surface area contributed by atoms with Crippen LogP contribution in [0.1, 0.15) is 31.2 Å². The average molecular weight is 255 g/mol. The molecule has 18 heavy (non-hydrogen) atoms. The summed E-state index contributed by atoms with van der Waals surface area (Å²) in [4.78, 5) is 0. The zero-order valence-corrected chi connectivity index (χ0v) is 10.5. The van der Waals surface area contributed by atoms with Gasteiger partial charge in [0.15, 0.2) is 0 Å². The molecule has 0 bridgehead atoms. The highest BCUT2D eigenvalue weighted by Crippen LogP contribution is 2.31. The smallest absolute Gasteiger partial charge is 0.387 e. The van der Waals surface area contributed by atoms with Crippen LogP contribution < -0.4 is 10.1 Å². The Balaban J connectivity index is 1.99. The zero-order chi connectivity index (χ0) is 13.0. The fourth-order valence-electron chi connectivity index (χ4n) is 2.57. The number of nitrogens with one attached hydrogen (secondary N) is 1. The number of benzene rings is 1. The Hall–Kier alpha value is -1.16. The number of rotatable bonds is 4. The lowest BCUT2D eigenvalue weighted by molar-refractivity contribution is -0.0498. The van der Waals surface area contributed by atoms with Crippen molar-refractivity contribution >= 4 is 0 Å². The Morgan fingerprint density at radius 2 is 1.78 bits per heavy atom. The lowest BCUT2D eigenvalue weighted by Crippen LogP contribution is -2.30. The summed E-state index contributed by atoms with van der Waals surface area (Å²) >= 11 is 0. The summed E-state index contributed by atoms with van der Waals surface area (Å²) in [6.45, 7) is 1.60. The molecule has 1 aliphatic rings. The average Bonchev–Trinajstić information content (AvgIpc) is 2.39. The molecule has 4 heteroatoms. The fraction of sp³-hybridized carbons (Fsp3) is 0.571. The summed E-state index contributed by atoms with van der Waals surface area (Å²) < 4.78 is 28.4. The molecular formula is C14H19F2NO. The number of hydrogen-bond acceptors (Lipinski definition) is 2.